The third kappa shape index (κ3) is 8.10. The van der Waals surface area contributed by atoms with E-state index in [9.17, 15) is 5.11 Å². The van der Waals surface area contributed by atoms with Crippen LogP contribution < -0.4 is 0 Å². The van der Waals surface area contributed by atoms with Gasteiger partial charge >= 0.3 is 6.15 Å². The molecule has 1 heterocycles. The minimum Gasteiger partial charge on any atom is -0.446 e. The quantitative estimate of drug-likeness (QED) is 0.752. The summed E-state index contributed by atoms with van der Waals surface area (Å²) in [7, 11) is 0. The van der Waals surface area contributed by atoms with Crippen molar-refractivity contribution in [3.8, 4) is 0 Å². The molecule has 1 aromatic carbocycles. The molecule has 0 amide bonds. The van der Waals surface area contributed by atoms with Crippen molar-refractivity contribution in [2.24, 2.45) is 0 Å². The van der Waals surface area contributed by atoms with Gasteiger partial charge in [0.25, 0.3) is 0 Å². The predicted octanol–water partition coefficient (Wildman–Crippen LogP) is 3.63. The van der Waals surface area contributed by atoms with Gasteiger partial charge in [0, 0.05) is 0 Å². The van der Waals surface area contributed by atoms with Crippen molar-refractivity contribution in [2.75, 3.05) is 0 Å². The minimum absolute atomic E-state index is 0.250. The maximum atomic E-state index is 9.91. The van der Waals surface area contributed by atoms with Gasteiger partial charge < -0.3 is 9.52 Å². The molecule has 1 N–H and O–H groups in total. The number of aromatic nitrogens is 1. The Bertz CT molecular complexity index is 574. The van der Waals surface area contributed by atoms with Crippen LogP contribution in [0.1, 0.15) is 55.4 Å². The van der Waals surface area contributed by atoms with Gasteiger partial charge in [0.2, 0.25) is 5.89 Å². The lowest BCUT2D eigenvalue weighted by Crippen LogP contribution is -1.98. The number of rotatable bonds is 8. The number of aliphatic hydroxyl groups is 1. The lowest BCUT2D eigenvalue weighted by molar-refractivity contribution is -0.191. The smallest absolute Gasteiger partial charge is 0.373 e. The van der Waals surface area contributed by atoms with E-state index in [0.29, 0.717) is 5.89 Å². The van der Waals surface area contributed by atoms with Gasteiger partial charge in [-0.1, -0.05) is 49.6 Å². The largest absolute Gasteiger partial charge is 0.446 e. The van der Waals surface area contributed by atoms with Crippen LogP contribution in [0.25, 0.3) is 0 Å². The number of aliphatic hydroxyl groups excluding tert-OH is 1. The van der Waals surface area contributed by atoms with Crippen LogP contribution in [0.3, 0.4) is 0 Å². The molecule has 1 unspecified atom stereocenters. The number of carbonyl (C=O) groups excluding carboxylic acids is 2. The molecule has 23 heavy (non-hydrogen) atoms. The lowest BCUT2D eigenvalue weighted by Gasteiger charge is -2.06. The maximum absolute atomic E-state index is 9.91. The van der Waals surface area contributed by atoms with E-state index >= 15 is 0 Å². The Kier molecular flexibility index (Phi) is 9.29. The van der Waals surface area contributed by atoms with E-state index in [1.54, 1.807) is 6.26 Å². The molecule has 0 bridgehead atoms. The van der Waals surface area contributed by atoms with Gasteiger partial charge in [-0.3, -0.25) is 0 Å². The third-order valence-electron chi connectivity index (χ3n) is 3.46. The van der Waals surface area contributed by atoms with E-state index in [4.69, 9.17) is 14.0 Å². The Morgan fingerprint density at radius 2 is 1.78 bits per heavy atom. The maximum Gasteiger partial charge on any atom is 0.373 e. The normalized spacial score (nSPS) is 11.2. The molecule has 2 rings (SSSR count). The van der Waals surface area contributed by atoms with Crippen molar-refractivity contribution in [2.45, 2.75) is 51.6 Å². The fraction of sp³-hybridized carbons (Fsp3) is 0.444. The van der Waals surface area contributed by atoms with Crippen LogP contribution in [0, 0.1) is 6.92 Å². The van der Waals surface area contributed by atoms with Crippen molar-refractivity contribution in [1.29, 1.82) is 0 Å². The molecule has 1 atom stereocenters. The molecule has 0 saturated heterocycles. The van der Waals surface area contributed by atoms with Gasteiger partial charge in [0.1, 0.15) is 12.4 Å². The van der Waals surface area contributed by atoms with Gasteiger partial charge in [-0.05, 0) is 31.7 Å². The molecule has 0 aliphatic carbocycles. The Balaban J connectivity index is 0.000000816. The summed E-state index contributed by atoms with van der Waals surface area (Å²) < 4.78 is 5.20. The molecular formula is C18H23NO4. The zero-order valence-electron chi connectivity index (χ0n) is 13.4. The summed E-state index contributed by atoms with van der Waals surface area (Å²) in [5, 5.41) is 9.91. The van der Waals surface area contributed by atoms with E-state index in [1.165, 1.54) is 18.4 Å². The summed E-state index contributed by atoms with van der Waals surface area (Å²) in [5.74, 6) is 0.451. The summed E-state index contributed by atoms with van der Waals surface area (Å²) in [6, 6.07) is 10.6. The van der Waals surface area contributed by atoms with Crippen molar-refractivity contribution in [3.05, 3.63) is 53.7 Å². The van der Waals surface area contributed by atoms with Crippen LogP contribution in [0.4, 0.5) is 0 Å². The van der Waals surface area contributed by atoms with Crippen molar-refractivity contribution in [1.82, 2.24) is 4.98 Å². The minimum atomic E-state index is -0.558. The van der Waals surface area contributed by atoms with Gasteiger partial charge in [0.05, 0.1) is 5.69 Å². The lowest BCUT2D eigenvalue weighted by atomic mass is 10.0. The highest BCUT2D eigenvalue weighted by atomic mass is 16.4. The van der Waals surface area contributed by atoms with Crippen LogP contribution >= 0.6 is 0 Å². The third-order valence-corrected chi connectivity index (χ3v) is 3.46. The molecule has 0 fully saturated rings. The van der Waals surface area contributed by atoms with Gasteiger partial charge in [-0.2, -0.15) is 9.59 Å². The monoisotopic (exact) mass is 317 g/mol. The molecule has 1 aromatic heterocycles. The molecule has 2 aromatic rings. The molecule has 5 heteroatoms. The van der Waals surface area contributed by atoms with E-state index in [-0.39, 0.29) is 6.15 Å². The van der Waals surface area contributed by atoms with E-state index in [2.05, 4.69) is 35.3 Å². The van der Waals surface area contributed by atoms with Gasteiger partial charge in [-0.25, -0.2) is 4.98 Å². The Labute approximate surface area is 136 Å². The van der Waals surface area contributed by atoms with E-state index in [1.807, 2.05) is 6.92 Å². The standard InChI is InChI=1S/C17H23NO2.CO2/c1-14-13-20-17(18-14)16(19)12-8-3-2-5-9-15-10-6-4-7-11-15;2-1-3/h4,6-7,10-11,13,16,19H,2-3,5,8-9,12H2,1H3;. The highest BCUT2D eigenvalue weighted by Crippen LogP contribution is 2.19. The predicted molar refractivity (Wildman–Crippen MR) is 84.4 cm³/mol. The summed E-state index contributed by atoms with van der Waals surface area (Å²) in [6.45, 7) is 1.86. The highest BCUT2D eigenvalue weighted by Gasteiger charge is 2.12. The number of aryl methyl sites for hydroxylation is 2. The molecule has 0 spiro atoms. The van der Waals surface area contributed by atoms with Crippen LogP contribution in [0.2, 0.25) is 0 Å². The van der Waals surface area contributed by atoms with Crippen LogP contribution in [-0.2, 0) is 16.0 Å². The van der Waals surface area contributed by atoms with E-state index in [0.717, 1.165) is 31.4 Å². The second-order valence-corrected chi connectivity index (χ2v) is 5.36. The van der Waals surface area contributed by atoms with Gasteiger partial charge in [-0.15, -0.1) is 0 Å². The molecule has 0 aliphatic heterocycles. The number of hydrogen-bond donors (Lipinski definition) is 1. The highest BCUT2D eigenvalue weighted by molar-refractivity contribution is 5.20. The molecular weight excluding hydrogens is 294 g/mol. The Morgan fingerprint density at radius 1 is 1.13 bits per heavy atom. The van der Waals surface area contributed by atoms with Crippen LogP contribution in [-0.4, -0.2) is 16.2 Å². The number of hydrogen-bond acceptors (Lipinski definition) is 5. The SMILES string of the molecule is Cc1coc(C(O)CCCCCCc2ccccc2)n1.O=C=O. The zero-order chi connectivity index (χ0) is 16.9. The number of oxazole rings is 1. The van der Waals surface area contributed by atoms with Crippen molar-refractivity contribution < 1.29 is 19.1 Å². The molecule has 5 nitrogen and oxygen atoms in total. The van der Waals surface area contributed by atoms with Crippen LogP contribution in [0.5, 0.6) is 0 Å². The average molecular weight is 317 g/mol. The van der Waals surface area contributed by atoms with Crippen molar-refractivity contribution in [3.63, 3.8) is 0 Å². The average Bonchev–Trinajstić information content (AvgIpc) is 2.99. The van der Waals surface area contributed by atoms with Gasteiger partial charge in [0.15, 0.2) is 0 Å². The van der Waals surface area contributed by atoms with Crippen LogP contribution in [0.15, 0.2) is 41.0 Å². The second-order valence-electron chi connectivity index (χ2n) is 5.36. The molecule has 0 aliphatic rings. The summed E-state index contributed by atoms with van der Waals surface area (Å²) in [4.78, 5) is 20.4. The first kappa shape index (κ1) is 18.8. The summed E-state index contributed by atoms with van der Waals surface area (Å²) in [6.07, 6.45) is 7.70. The Morgan fingerprint density at radius 3 is 2.39 bits per heavy atom. The van der Waals surface area contributed by atoms with E-state index < -0.39 is 6.10 Å². The summed E-state index contributed by atoms with van der Waals surface area (Å²) >= 11 is 0. The number of nitrogens with zero attached hydrogens (tertiary/aromatic N) is 1. The first-order chi connectivity index (χ1) is 11.2. The van der Waals surface area contributed by atoms with Crippen molar-refractivity contribution >= 4 is 6.15 Å². The molecule has 124 valence electrons. The first-order valence-corrected chi connectivity index (χ1v) is 7.80. The molecule has 0 saturated carbocycles. The Hall–Kier alpha value is -2.23. The number of unbranched alkanes of at least 4 members (excludes halogenated alkanes) is 3. The fourth-order valence-corrected chi connectivity index (χ4v) is 2.31. The second kappa shape index (κ2) is 11.4. The first-order valence-electron chi connectivity index (χ1n) is 7.80. The molecule has 0 radical (unpaired) electrons. The number of benzene rings is 1. The summed E-state index contributed by atoms with van der Waals surface area (Å²) in [5.41, 5.74) is 2.23. The topological polar surface area (TPSA) is 80.4 Å². The zero-order valence-corrected chi connectivity index (χ0v) is 13.4. The fourth-order valence-electron chi connectivity index (χ4n) is 2.31.